The summed E-state index contributed by atoms with van der Waals surface area (Å²) in [6, 6.07) is 4.66. The van der Waals surface area contributed by atoms with Crippen LogP contribution in [0.3, 0.4) is 0 Å². The SMILES string of the molecule is CN=C(NCC(c1cccs1)N(C)C)NCC1(CCOC)CCC1.I. The van der Waals surface area contributed by atoms with E-state index in [2.05, 4.69) is 52.1 Å². The Balaban J connectivity index is 0.00000312. The highest BCUT2D eigenvalue weighted by atomic mass is 127. The summed E-state index contributed by atoms with van der Waals surface area (Å²) >= 11 is 1.80. The molecule has 1 aliphatic carbocycles. The molecule has 144 valence electrons. The lowest BCUT2D eigenvalue weighted by atomic mass is 9.67. The molecule has 2 rings (SSSR count). The fraction of sp³-hybridized carbons (Fsp3) is 0.722. The van der Waals surface area contributed by atoms with Gasteiger partial charge in [-0.15, -0.1) is 35.3 Å². The second-order valence-electron chi connectivity index (χ2n) is 6.90. The molecule has 1 saturated carbocycles. The largest absolute Gasteiger partial charge is 0.385 e. The topological polar surface area (TPSA) is 48.9 Å². The van der Waals surface area contributed by atoms with Crippen LogP contribution in [0.5, 0.6) is 0 Å². The minimum atomic E-state index is 0. The fourth-order valence-corrected chi connectivity index (χ4v) is 4.14. The van der Waals surface area contributed by atoms with Gasteiger partial charge in [0.15, 0.2) is 5.96 Å². The van der Waals surface area contributed by atoms with Crippen molar-refractivity contribution in [1.82, 2.24) is 15.5 Å². The van der Waals surface area contributed by atoms with E-state index in [1.807, 2.05) is 7.05 Å². The molecule has 1 aliphatic rings. The van der Waals surface area contributed by atoms with E-state index in [0.717, 1.165) is 32.1 Å². The predicted molar refractivity (Wildman–Crippen MR) is 118 cm³/mol. The van der Waals surface area contributed by atoms with E-state index in [0.29, 0.717) is 11.5 Å². The molecule has 1 unspecified atom stereocenters. The third-order valence-corrected chi connectivity index (χ3v) is 6.04. The van der Waals surface area contributed by atoms with Gasteiger partial charge < -0.3 is 20.3 Å². The third kappa shape index (κ3) is 6.69. The van der Waals surface area contributed by atoms with E-state index < -0.39 is 0 Å². The Morgan fingerprint density at radius 3 is 2.64 bits per heavy atom. The lowest BCUT2D eigenvalue weighted by Gasteiger charge is -2.42. The van der Waals surface area contributed by atoms with Crippen LogP contribution >= 0.6 is 35.3 Å². The number of guanidine groups is 1. The van der Waals surface area contributed by atoms with Crippen molar-refractivity contribution < 1.29 is 4.74 Å². The van der Waals surface area contributed by atoms with Gasteiger partial charge in [0.1, 0.15) is 0 Å². The van der Waals surface area contributed by atoms with Gasteiger partial charge in [0.25, 0.3) is 0 Å². The number of rotatable bonds is 9. The van der Waals surface area contributed by atoms with E-state index >= 15 is 0 Å². The van der Waals surface area contributed by atoms with Crippen LogP contribution in [0, 0.1) is 5.41 Å². The van der Waals surface area contributed by atoms with Crippen molar-refractivity contribution in [3.63, 3.8) is 0 Å². The molecular formula is C18H33IN4OS. The van der Waals surface area contributed by atoms with Gasteiger partial charge in [-0.25, -0.2) is 0 Å². The van der Waals surface area contributed by atoms with E-state index in [1.54, 1.807) is 18.4 Å². The molecule has 1 heterocycles. The molecule has 1 aromatic heterocycles. The maximum absolute atomic E-state index is 5.28. The maximum Gasteiger partial charge on any atom is 0.191 e. The molecule has 25 heavy (non-hydrogen) atoms. The number of ether oxygens (including phenoxy) is 1. The van der Waals surface area contributed by atoms with E-state index in [4.69, 9.17) is 4.74 Å². The predicted octanol–water partition coefficient (Wildman–Crippen LogP) is 3.34. The van der Waals surface area contributed by atoms with Gasteiger partial charge in [0, 0.05) is 38.7 Å². The average Bonchev–Trinajstić information content (AvgIpc) is 3.05. The summed E-state index contributed by atoms with van der Waals surface area (Å²) in [6.07, 6.45) is 5.03. The first-order valence-electron chi connectivity index (χ1n) is 8.73. The summed E-state index contributed by atoms with van der Waals surface area (Å²) in [6.45, 7) is 2.66. The van der Waals surface area contributed by atoms with Crippen molar-refractivity contribution >= 4 is 41.3 Å². The van der Waals surface area contributed by atoms with Crippen molar-refractivity contribution in [1.29, 1.82) is 0 Å². The van der Waals surface area contributed by atoms with Crippen LogP contribution in [0.1, 0.15) is 36.6 Å². The maximum atomic E-state index is 5.28. The molecule has 0 radical (unpaired) electrons. The Morgan fingerprint density at radius 2 is 2.16 bits per heavy atom. The number of nitrogens with zero attached hydrogens (tertiary/aromatic N) is 2. The van der Waals surface area contributed by atoms with Crippen LogP contribution in [0.4, 0.5) is 0 Å². The van der Waals surface area contributed by atoms with Crippen molar-refractivity contribution in [2.75, 3.05) is 47.9 Å². The Morgan fingerprint density at radius 1 is 1.40 bits per heavy atom. The molecule has 0 aliphatic heterocycles. The minimum Gasteiger partial charge on any atom is -0.385 e. The summed E-state index contributed by atoms with van der Waals surface area (Å²) in [4.78, 5) is 8.01. The summed E-state index contributed by atoms with van der Waals surface area (Å²) in [5, 5.41) is 9.15. The molecule has 7 heteroatoms. The number of nitrogens with one attached hydrogen (secondary N) is 2. The fourth-order valence-electron chi connectivity index (χ4n) is 3.21. The summed E-state index contributed by atoms with van der Waals surface area (Å²) in [7, 11) is 7.87. The molecule has 2 N–H and O–H groups in total. The lowest BCUT2D eigenvalue weighted by Crippen LogP contribution is -2.48. The standard InChI is InChI=1S/C18H32N4OS.HI/c1-19-17(21-14-18(8-6-9-18)10-11-23-4)20-13-15(22(2)3)16-7-5-12-24-16;/h5,7,12,15H,6,8-11,13-14H2,1-4H3,(H2,19,20,21);1H. The second-order valence-corrected chi connectivity index (χ2v) is 7.88. The van der Waals surface area contributed by atoms with Crippen molar-refractivity contribution in [3.8, 4) is 0 Å². The molecule has 1 atom stereocenters. The number of aliphatic imine (C=N–C) groups is 1. The van der Waals surface area contributed by atoms with Crippen LogP contribution < -0.4 is 10.6 Å². The number of likely N-dealkylation sites (N-methyl/N-ethyl adjacent to an activating group) is 1. The molecule has 0 bridgehead atoms. The van der Waals surface area contributed by atoms with Gasteiger partial charge in [0.05, 0.1) is 6.04 Å². The Labute approximate surface area is 173 Å². The number of halogens is 1. The second kappa shape index (κ2) is 11.4. The first kappa shape index (κ1) is 22.7. The molecule has 1 aromatic rings. The highest BCUT2D eigenvalue weighted by Crippen LogP contribution is 2.43. The molecule has 0 aromatic carbocycles. The van der Waals surface area contributed by atoms with Crippen LogP contribution in [0.25, 0.3) is 0 Å². The third-order valence-electron chi connectivity index (χ3n) is 5.06. The lowest BCUT2D eigenvalue weighted by molar-refractivity contribution is 0.0732. The zero-order valence-electron chi connectivity index (χ0n) is 15.9. The average molecular weight is 480 g/mol. The van der Waals surface area contributed by atoms with Crippen LogP contribution in [0.15, 0.2) is 22.5 Å². The quantitative estimate of drug-likeness (QED) is 0.324. The van der Waals surface area contributed by atoms with Gasteiger partial charge in [-0.05, 0) is 50.2 Å². The van der Waals surface area contributed by atoms with Crippen LogP contribution in [-0.2, 0) is 4.74 Å². The Kier molecular flexibility index (Phi) is 10.3. The summed E-state index contributed by atoms with van der Waals surface area (Å²) < 4.78 is 5.28. The van der Waals surface area contributed by atoms with Gasteiger partial charge in [-0.3, -0.25) is 4.99 Å². The highest BCUT2D eigenvalue weighted by Gasteiger charge is 2.36. The van der Waals surface area contributed by atoms with Crippen molar-refractivity contribution in [2.45, 2.75) is 31.7 Å². The monoisotopic (exact) mass is 480 g/mol. The molecule has 0 amide bonds. The molecule has 0 spiro atoms. The number of hydrogen-bond acceptors (Lipinski definition) is 4. The number of methoxy groups -OCH3 is 1. The van der Waals surface area contributed by atoms with Crippen molar-refractivity contribution in [2.24, 2.45) is 10.4 Å². The number of hydrogen-bond donors (Lipinski definition) is 2. The van der Waals surface area contributed by atoms with Gasteiger partial charge >= 0.3 is 0 Å². The van der Waals surface area contributed by atoms with Gasteiger partial charge in [0.2, 0.25) is 0 Å². The van der Waals surface area contributed by atoms with Gasteiger partial charge in [-0.1, -0.05) is 12.5 Å². The number of thiophene rings is 1. The molecular weight excluding hydrogens is 447 g/mol. The molecule has 1 fully saturated rings. The summed E-state index contributed by atoms with van der Waals surface area (Å²) in [5.41, 5.74) is 0.391. The molecule has 5 nitrogen and oxygen atoms in total. The normalized spacial score (nSPS) is 17.6. The van der Waals surface area contributed by atoms with E-state index in [1.165, 1.54) is 24.1 Å². The zero-order chi connectivity index (χ0) is 17.4. The van der Waals surface area contributed by atoms with Gasteiger partial charge in [-0.2, -0.15) is 0 Å². The summed E-state index contributed by atoms with van der Waals surface area (Å²) in [5.74, 6) is 0.891. The Bertz CT molecular complexity index is 503. The van der Waals surface area contributed by atoms with Crippen LogP contribution in [0.2, 0.25) is 0 Å². The van der Waals surface area contributed by atoms with E-state index in [-0.39, 0.29) is 24.0 Å². The first-order chi connectivity index (χ1) is 11.6. The Hall–Kier alpha value is -0.380. The first-order valence-corrected chi connectivity index (χ1v) is 9.61. The highest BCUT2D eigenvalue weighted by molar-refractivity contribution is 14.0. The minimum absolute atomic E-state index is 0. The zero-order valence-corrected chi connectivity index (χ0v) is 19.0. The smallest absolute Gasteiger partial charge is 0.191 e. The van der Waals surface area contributed by atoms with Crippen molar-refractivity contribution in [3.05, 3.63) is 22.4 Å². The molecule has 0 saturated heterocycles. The van der Waals surface area contributed by atoms with Crippen LogP contribution in [-0.4, -0.2) is 58.8 Å². The van der Waals surface area contributed by atoms with E-state index in [9.17, 15) is 0 Å².